The number of ether oxygens (including phenoxy) is 1. The number of halogens is 1. The summed E-state index contributed by atoms with van der Waals surface area (Å²) in [5.74, 6) is -0.0860. The standard InChI is InChI=1S/C35H40FN5O3/c1-44-32-4-2-3-26(19-32)23-40(22-25-7-5-24(21-37)6-8-25)31-17-18-41(35(43)27-9-11-28(36)12-10-27)33(20-31)34(42)39-30-15-13-29(38)14-16-30/h2-12,19,29-31,33H,13-18,20,22-23,38H2,1H3,(H,39,42)/t29?,30?,31?,33-/m1/s1. The van der Waals surface area contributed by atoms with Gasteiger partial charge in [0.15, 0.2) is 0 Å². The summed E-state index contributed by atoms with van der Waals surface area (Å²) in [6.07, 6.45) is 4.45. The van der Waals surface area contributed by atoms with Crippen LogP contribution in [0.2, 0.25) is 0 Å². The highest BCUT2D eigenvalue weighted by Crippen LogP contribution is 2.29. The van der Waals surface area contributed by atoms with E-state index in [1.165, 1.54) is 24.3 Å². The Bertz CT molecular complexity index is 1460. The van der Waals surface area contributed by atoms with Crippen LogP contribution in [0.25, 0.3) is 0 Å². The number of rotatable bonds is 9. The summed E-state index contributed by atoms with van der Waals surface area (Å²) >= 11 is 0. The lowest BCUT2D eigenvalue weighted by Gasteiger charge is -2.43. The molecular weight excluding hydrogens is 557 g/mol. The van der Waals surface area contributed by atoms with Crippen molar-refractivity contribution in [3.05, 3.63) is 101 Å². The van der Waals surface area contributed by atoms with Crippen molar-refractivity contribution in [3.8, 4) is 11.8 Å². The van der Waals surface area contributed by atoms with E-state index in [9.17, 15) is 19.2 Å². The molecule has 0 bridgehead atoms. The highest BCUT2D eigenvalue weighted by Gasteiger charge is 2.39. The summed E-state index contributed by atoms with van der Waals surface area (Å²) < 4.78 is 19.1. The van der Waals surface area contributed by atoms with E-state index in [-0.39, 0.29) is 29.9 Å². The first kappa shape index (κ1) is 31.2. The summed E-state index contributed by atoms with van der Waals surface area (Å²) in [5.41, 5.74) is 9.18. The number of hydrogen-bond donors (Lipinski definition) is 2. The van der Waals surface area contributed by atoms with Gasteiger partial charge in [0.25, 0.3) is 5.91 Å². The second-order valence-corrected chi connectivity index (χ2v) is 11.9. The minimum absolute atomic E-state index is 0.00959. The smallest absolute Gasteiger partial charge is 0.254 e. The van der Waals surface area contributed by atoms with E-state index in [0.717, 1.165) is 42.6 Å². The van der Waals surface area contributed by atoms with Gasteiger partial charge >= 0.3 is 0 Å². The molecule has 230 valence electrons. The lowest BCUT2D eigenvalue weighted by molar-refractivity contribution is -0.128. The summed E-state index contributed by atoms with van der Waals surface area (Å²) in [7, 11) is 1.64. The van der Waals surface area contributed by atoms with Crippen LogP contribution in [0, 0.1) is 17.1 Å². The van der Waals surface area contributed by atoms with Gasteiger partial charge in [-0.3, -0.25) is 14.5 Å². The number of likely N-dealkylation sites (tertiary alicyclic amines) is 1. The number of methoxy groups -OCH3 is 1. The molecular formula is C35H40FN5O3. The van der Waals surface area contributed by atoms with Crippen LogP contribution in [0.1, 0.15) is 65.6 Å². The van der Waals surface area contributed by atoms with Crippen LogP contribution in [0.15, 0.2) is 72.8 Å². The Labute approximate surface area is 258 Å². The van der Waals surface area contributed by atoms with Gasteiger partial charge in [-0.15, -0.1) is 0 Å². The molecule has 2 fully saturated rings. The molecule has 44 heavy (non-hydrogen) atoms. The predicted molar refractivity (Wildman–Crippen MR) is 166 cm³/mol. The lowest BCUT2D eigenvalue weighted by Crippen LogP contribution is -2.58. The number of carbonyl (C=O) groups is 2. The highest BCUT2D eigenvalue weighted by atomic mass is 19.1. The fourth-order valence-corrected chi connectivity index (χ4v) is 6.33. The first-order valence-electron chi connectivity index (χ1n) is 15.3. The van der Waals surface area contributed by atoms with E-state index in [4.69, 9.17) is 10.5 Å². The topological polar surface area (TPSA) is 112 Å². The lowest BCUT2D eigenvalue weighted by atomic mass is 9.90. The number of hydrogen-bond acceptors (Lipinski definition) is 6. The third-order valence-electron chi connectivity index (χ3n) is 8.85. The highest BCUT2D eigenvalue weighted by molar-refractivity contribution is 5.97. The van der Waals surface area contributed by atoms with E-state index >= 15 is 0 Å². The molecule has 0 radical (unpaired) electrons. The summed E-state index contributed by atoms with van der Waals surface area (Å²) in [5, 5.41) is 12.5. The van der Waals surface area contributed by atoms with E-state index < -0.39 is 11.9 Å². The van der Waals surface area contributed by atoms with Gasteiger partial charge in [-0.1, -0.05) is 24.3 Å². The molecule has 0 spiro atoms. The van der Waals surface area contributed by atoms with Gasteiger partial charge in [-0.25, -0.2) is 4.39 Å². The molecule has 3 aromatic carbocycles. The first-order valence-corrected chi connectivity index (χ1v) is 15.3. The monoisotopic (exact) mass is 597 g/mol. The zero-order valence-corrected chi connectivity index (χ0v) is 25.1. The predicted octanol–water partition coefficient (Wildman–Crippen LogP) is 4.77. The summed E-state index contributed by atoms with van der Waals surface area (Å²) in [6.45, 7) is 1.60. The molecule has 1 aliphatic carbocycles. The molecule has 5 rings (SSSR count). The molecule has 3 aromatic rings. The Morgan fingerprint density at radius 2 is 1.70 bits per heavy atom. The van der Waals surface area contributed by atoms with Gasteiger partial charge in [0.2, 0.25) is 5.91 Å². The number of carbonyl (C=O) groups excluding carboxylic acids is 2. The van der Waals surface area contributed by atoms with Crippen LogP contribution in [0.5, 0.6) is 5.75 Å². The van der Waals surface area contributed by atoms with Crippen LogP contribution in [-0.2, 0) is 17.9 Å². The van der Waals surface area contributed by atoms with Crippen molar-refractivity contribution in [1.29, 1.82) is 5.26 Å². The van der Waals surface area contributed by atoms with Crippen LogP contribution in [-0.4, -0.2) is 59.4 Å². The number of amides is 2. The number of nitrogens with one attached hydrogen (secondary N) is 1. The molecule has 1 unspecified atom stereocenters. The maximum atomic E-state index is 13.9. The average molecular weight is 598 g/mol. The second-order valence-electron chi connectivity index (χ2n) is 11.9. The minimum atomic E-state index is -0.685. The maximum Gasteiger partial charge on any atom is 0.254 e. The molecule has 3 N–H and O–H groups in total. The van der Waals surface area contributed by atoms with E-state index in [2.05, 4.69) is 22.4 Å². The summed E-state index contributed by atoms with van der Waals surface area (Å²) in [6, 6.07) is 22.6. The van der Waals surface area contributed by atoms with Gasteiger partial charge in [-0.05, 0) is 98.2 Å². The molecule has 8 nitrogen and oxygen atoms in total. The van der Waals surface area contributed by atoms with Gasteiger partial charge in [-0.2, -0.15) is 5.26 Å². The summed E-state index contributed by atoms with van der Waals surface area (Å²) in [4.78, 5) is 31.6. The molecule has 1 saturated carbocycles. The molecule has 2 amide bonds. The largest absolute Gasteiger partial charge is 0.497 e. The van der Waals surface area contributed by atoms with Crippen molar-refractivity contribution in [2.75, 3.05) is 13.7 Å². The Hall–Kier alpha value is -4.26. The molecule has 1 saturated heterocycles. The normalized spacial score (nSPS) is 21.8. The fraction of sp³-hybridized carbons (Fsp3) is 0.400. The van der Waals surface area contributed by atoms with Gasteiger partial charge in [0.05, 0.1) is 18.7 Å². The zero-order valence-electron chi connectivity index (χ0n) is 25.1. The number of piperidine rings is 1. The third-order valence-corrected chi connectivity index (χ3v) is 8.85. The quantitative estimate of drug-likeness (QED) is 0.368. The van der Waals surface area contributed by atoms with Crippen LogP contribution in [0.4, 0.5) is 4.39 Å². The number of nitriles is 1. The maximum absolute atomic E-state index is 13.9. The van der Waals surface area contributed by atoms with Gasteiger partial charge in [0, 0.05) is 43.3 Å². The van der Waals surface area contributed by atoms with Crippen molar-refractivity contribution >= 4 is 11.8 Å². The Balaban J connectivity index is 1.41. The molecule has 2 aliphatic rings. The number of benzene rings is 3. The van der Waals surface area contributed by atoms with Gasteiger partial charge in [0.1, 0.15) is 17.6 Å². The Kier molecular flexibility index (Phi) is 10.3. The third kappa shape index (κ3) is 7.81. The Morgan fingerprint density at radius 3 is 2.39 bits per heavy atom. The zero-order chi connectivity index (χ0) is 31.1. The van der Waals surface area contributed by atoms with E-state index in [0.29, 0.717) is 43.6 Å². The second kappa shape index (κ2) is 14.5. The van der Waals surface area contributed by atoms with Crippen molar-refractivity contribution < 1.29 is 18.7 Å². The Morgan fingerprint density at radius 1 is 1.00 bits per heavy atom. The van der Waals surface area contributed by atoms with Crippen LogP contribution >= 0.6 is 0 Å². The molecule has 0 aromatic heterocycles. The van der Waals surface area contributed by atoms with Crippen LogP contribution < -0.4 is 15.8 Å². The van der Waals surface area contributed by atoms with E-state index in [1.54, 1.807) is 12.0 Å². The SMILES string of the molecule is COc1cccc(CN(Cc2ccc(C#N)cc2)C2CCN(C(=O)c3ccc(F)cc3)[C@@H](C(=O)NC3CCC(N)CC3)C2)c1. The van der Waals surface area contributed by atoms with Crippen molar-refractivity contribution in [2.45, 2.75) is 75.8 Å². The molecule has 1 aliphatic heterocycles. The average Bonchev–Trinajstić information content (AvgIpc) is 3.05. The molecule has 9 heteroatoms. The van der Waals surface area contributed by atoms with Crippen molar-refractivity contribution in [3.63, 3.8) is 0 Å². The minimum Gasteiger partial charge on any atom is -0.497 e. The molecule has 2 atom stereocenters. The van der Waals surface area contributed by atoms with Crippen molar-refractivity contribution in [2.24, 2.45) is 5.73 Å². The number of nitrogens with zero attached hydrogens (tertiary/aromatic N) is 3. The van der Waals surface area contributed by atoms with Gasteiger partial charge < -0.3 is 20.7 Å². The molecule has 1 heterocycles. The van der Waals surface area contributed by atoms with E-state index in [1.807, 2.05) is 42.5 Å². The van der Waals surface area contributed by atoms with Crippen LogP contribution in [0.3, 0.4) is 0 Å². The first-order chi connectivity index (χ1) is 21.3. The van der Waals surface area contributed by atoms with Crippen molar-refractivity contribution in [1.82, 2.24) is 15.1 Å². The number of nitrogens with two attached hydrogens (primary N) is 1. The fourth-order valence-electron chi connectivity index (χ4n) is 6.33.